The number of aromatic nitrogens is 1. The zero-order valence-corrected chi connectivity index (χ0v) is 16.4. The van der Waals surface area contributed by atoms with Gasteiger partial charge in [0, 0.05) is 29.9 Å². The molecule has 3 amide bonds. The highest BCUT2D eigenvalue weighted by Crippen LogP contribution is 2.25. The third kappa shape index (κ3) is 3.85. The van der Waals surface area contributed by atoms with Crippen LogP contribution in [0.4, 0.5) is 16.2 Å². The second-order valence-corrected chi connectivity index (χ2v) is 6.93. The molecule has 0 radical (unpaired) electrons. The fourth-order valence-electron chi connectivity index (χ4n) is 3.51. The van der Waals surface area contributed by atoms with Crippen LogP contribution in [0, 0.1) is 6.92 Å². The zero-order valence-electron chi connectivity index (χ0n) is 16.4. The van der Waals surface area contributed by atoms with E-state index in [1.807, 2.05) is 61.5 Å². The number of rotatable bonds is 5. The third-order valence-electron chi connectivity index (χ3n) is 4.93. The molecule has 29 heavy (non-hydrogen) atoms. The molecule has 3 aromatic rings. The fraction of sp³-hybridized carbons (Fsp3) is 0.227. The van der Waals surface area contributed by atoms with Crippen LogP contribution in [-0.2, 0) is 4.79 Å². The lowest BCUT2D eigenvalue weighted by Gasteiger charge is -2.19. The van der Waals surface area contributed by atoms with Gasteiger partial charge in [0.15, 0.2) is 0 Å². The minimum absolute atomic E-state index is 0.00118. The Bertz CT molecular complexity index is 1070. The molecule has 0 atom stereocenters. The first-order valence-electron chi connectivity index (χ1n) is 9.42. The summed E-state index contributed by atoms with van der Waals surface area (Å²) in [4.78, 5) is 33.1. The standard InChI is InChI=1S/C22H22N4O3/c1-15-13-20(18-5-3-4-6-19(18)23-15)24-21(27)14-25-11-12-26(22(25)28)16-7-9-17(29-2)10-8-16/h3-10,13H,11-12,14H2,1-2H3,(H,23,24,27). The summed E-state index contributed by atoms with van der Waals surface area (Å²) in [6.07, 6.45) is 0. The Hall–Kier alpha value is -3.61. The number of hydrogen-bond donors (Lipinski definition) is 1. The number of anilines is 2. The summed E-state index contributed by atoms with van der Waals surface area (Å²) >= 11 is 0. The summed E-state index contributed by atoms with van der Waals surface area (Å²) < 4.78 is 5.16. The van der Waals surface area contributed by atoms with E-state index in [0.717, 1.165) is 28.0 Å². The van der Waals surface area contributed by atoms with Crippen LogP contribution in [-0.4, -0.2) is 48.6 Å². The molecule has 1 fully saturated rings. The number of hydrogen-bond acceptors (Lipinski definition) is 4. The molecule has 0 spiro atoms. The van der Waals surface area contributed by atoms with Gasteiger partial charge in [0.25, 0.3) is 0 Å². The van der Waals surface area contributed by atoms with Gasteiger partial charge in [0.1, 0.15) is 12.3 Å². The van der Waals surface area contributed by atoms with E-state index in [1.165, 1.54) is 0 Å². The minimum atomic E-state index is -0.231. The van der Waals surface area contributed by atoms with Crippen LogP contribution in [0.25, 0.3) is 10.9 Å². The second kappa shape index (κ2) is 7.79. The molecule has 0 bridgehead atoms. The number of nitrogens with zero attached hydrogens (tertiary/aromatic N) is 3. The van der Waals surface area contributed by atoms with E-state index >= 15 is 0 Å². The molecule has 0 unspecified atom stereocenters. The maximum atomic E-state index is 12.7. The maximum Gasteiger partial charge on any atom is 0.325 e. The molecule has 2 heterocycles. The molecule has 148 valence electrons. The SMILES string of the molecule is COc1ccc(N2CCN(CC(=O)Nc3cc(C)nc4ccccc34)C2=O)cc1. The molecule has 7 nitrogen and oxygen atoms in total. The lowest BCUT2D eigenvalue weighted by Crippen LogP contribution is -2.37. The number of fused-ring (bicyclic) bond motifs is 1. The quantitative estimate of drug-likeness (QED) is 0.724. The Morgan fingerprint density at radius 2 is 1.90 bits per heavy atom. The number of aryl methyl sites for hydroxylation is 1. The van der Waals surface area contributed by atoms with Crippen molar-refractivity contribution in [2.45, 2.75) is 6.92 Å². The van der Waals surface area contributed by atoms with E-state index in [1.54, 1.807) is 16.9 Å². The van der Waals surface area contributed by atoms with E-state index in [4.69, 9.17) is 4.74 Å². The van der Waals surface area contributed by atoms with Crippen molar-refractivity contribution in [1.29, 1.82) is 0 Å². The first-order valence-corrected chi connectivity index (χ1v) is 9.42. The van der Waals surface area contributed by atoms with E-state index in [-0.39, 0.29) is 18.5 Å². The summed E-state index contributed by atoms with van der Waals surface area (Å²) in [6.45, 7) is 2.92. The molecule has 7 heteroatoms. The van der Waals surface area contributed by atoms with Crippen LogP contribution in [0.3, 0.4) is 0 Å². The number of carbonyl (C=O) groups is 2. The predicted octanol–water partition coefficient (Wildman–Crippen LogP) is 3.43. The average Bonchev–Trinajstić information content (AvgIpc) is 3.08. The monoisotopic (exact) mass is 390 g/mol. The first kappa shape index (κ1) is 18.7. The Balaban J connectivity index is 1.45. The lowest BCUT2D eigenvalue weighted by molar-refractivity contribution is -0.116. The number of urea groups is 1. The van der Waals surface area contributed by atoms with Crippen molar-refractivity contribution in [2.75, 3.05) is 37.0 Å². The van der Waals surface area contributed by atoms with Gasteiger partial charge < -0.3 is 15.0 Å². The molecule has 0 aliphatic carbocycles. The highest BCUT2D eigenvalue weighted by molar-refractivity contribution is 6.03. The van der Waals surface area contributed by atoms with Gasteiger partial charge in [0.2, 0.25) is 5.91 Å². The molecular weight excluding hydrogens is 368 g/mol. The van der Waals surface area contributed by atoms with Crippen LogP contribution in [0.5, 0.6) is 5.75 Å². The number of ether oxygens (including phenoxy) is 1. The largest absolute Gasteiger partial charge is 0.497 e. The predicted molar refractivity (Wildman–Crippen MR) is 112 cm³/mol. The number of nitrogens with one attached hydrogen (secondary N) is 1. The third-order valence-corrected chi connectivity index (χ3v) is 4.93. The van der Waals surface area contributed by atoms with Crippen molar-refractivity contribution in [2.24, 2.45) is 0 Å². The number of methoxy groups -OCH3 is 1. The first-order chi connectivity index (χ1) is 14.0. The van der Waals surface area contributed by atoms with Crippen LogP contribution < -0.4 is 15.0 Å². The van der Waals surface area contributed by atoms with Gasteiger partial charge in [-0.15, -0.1) is 0 Å². The van der Waals surface area contributed by atoms with Crippen LogP contribution in [0.15, 0.2) is 54.6 Å². The van der Waals surface area contributed by atoms with Gasteiger partial charge in [-0.2, -0.15) is 0 Å². The van der Waals surface area contributed by atoms with Gasteiger partial charge in [-0.25, -0.2) is 4.79 Å². The van der Waals surface area contributed by atoms with Gasteiger partial charge in [-0.05, 0) is 43.3 Å². The van der Waals surface area contributed by atoms with Gasteiger partial charge in [0.05, 0.1) is 18.3 Å². The topological polar surface area (TPSA) is 74.8 Å². The van der Waals surface area contributed by atoms with Crippen molar-refractivity contribution >= 4 is 34.2 Å². The number of pyridine rings is 1. The Morgan fingerprint density at radius 1 is 1.14 bits per heavy atom. The van der Waals surface area contributed by atoms with Gasteiger partial charge >= 0.3 is 6.03 Å². The molecule has 4 rings (SSSR count). The van der Waals surface area contributed by atoms with Crippen molar-refractivity contribution in [3.05, 3.63) is 60.3 Å². The summed E-state index contributed by atoms with van der Waals surface area (Å²) in [5, 5.41) is 3.81. The molecular formula is C22H22N4O3. The van der Waals surface area contributed by atoms with Crippen molar-refractivity contribution in [3.63, 3.8) is 0 Å². The van der Waals surface area contributed by atoms with Crippen molar-refractivity contribution < 1.29 is 14.3 Å². The molecule has 1 aliphatic heterocycles. The molecule has 0 saturated carbocycles. The van der Waals surface area contributed by atoms with Crippen LogP contribution >= 0.6 is 0 Å². The number of amides is 3. The van der Waals surface area contributed by atoms with Crippen LogP contribution in [0.2, 0.25) is 0 Å². The van der Waals surface area contributed by atoms with E-state index in [0.29, 0.717) is 18.8 Å². The minimum Gasteiger partial charge on any atom is -0.497 e. The average molecular weight is 390 g/mol. The molecule has 1 saturated heterocycles. The van der Waals surface area contributed by atoms with Gasteiger partial charge in [-0.3, -0.25) is 14.7 Å². The van der Waals surface area contributed by atoms with E-state index in [2.05, 4.69) is 10.3 Å². The molecule has 1 N–H and O–H groups in total. The highest BCUT2D eigenvalue weighted by Gasteiger charge is 2.30. The molecule has 1 aromatic heterocycles. The van der Waals surface area contributed by atoms with Gasteiger partial charge in [-0.1, -0.05) is 18.2 Å². The summed E-state index contributed by atoms with van der Waals surface area (Å²) in [7, 11) is 1.60. The summed E-state index contributed by atoms with van der Waals surface area (Å²) in [6, 6.07) is 16.6. The van der Waals surface area contributed by atoms with Crippen molar-refractivity contribution in [3.8, 4) is 5.75 Å². The summed E-state index contributed by atoms with van der Waals surface area (Å²) in [5.74, 6) is 0.502. The Morgan fingerprint density at radius 3 is 2.66 bits per heavy atom. The highest BCUT2D eigenvalue weighted by atomic mass is 16.5. The van der Waals surface area contributed by atoms with E-state index < -0.39 is 0 Å². The number of para-hydroxylation sites is 1. The smallest absolute Gasteiger partial charge is 0.325 e. The Kier molecular flexibility index (Phi) is 5.03. The fourth-order valence-corrected chi connectivity index (χ4v) is 3.51. The maximum absolute atomic E-state index is 12.7. The normalized spacial score (nSPS) is 13.8. The number of benzene rings is 2. The molecule has 1 aliphatic rings. The number of carbonyl (C=O) groups excluding carboxylic acids is 2. The van der Waals surface area contributed by atoms with Crippen molar-refractivity contribution in [1.82, 2.24) is 9.88 Å². The Labute approximate surface area is 168 Å². The lowest BCUT2D eigenvalue weighted by atomic mass is 10.1. The second-order valence-electron chi connectivity index (χ2n) is 6.93. The summed E-state index contributed by atoms with van der Waals surface area (Å²) in [5.41, 5.74) is 3.14. The molecule has 2 aromatic carbocycles. The zero-order chi connectivity index (χ0) is 20.4. The van der Waals surface area contributed by atoms with E-state index in [9.17, 15) is 9.59 Å². The van der Waals surface area contributed by atoms with Crippen LogP contribution in [0.1, 0.15) is 5.69 Å².